The normalized spacial score (nSPS) is 17.8. The van der Waals surface area contributed by atoms with E-state index in [0.717, 1.165) is 89.9 Å². The Bertz CT molecular complexity index is 666. The van der Waals surface area contributed by atoms with Crippen molar-refractivity contribution in [2.45, 2.75) is 178 Å². The van der Waals surface area contributed by atoms with Crippen LogP contribution in [0.5, 0.6) is 0 Å². The van der Waals surface area contributed by atoms with Crippen molar-refractivity contribution in [2.75, 3.05) is 26.4 Å². The summed E-state index contributed by atoms with van der Waals surface area (Å²) in [7, 11) is 0. The smallest absolute Gasteiger partial charge is 0.313 e. The molecular weight excluding hydrogens is 548 g/mol. The first-order valence-electron chi connectivity index (χ1n) is 19.0. The van der Waals surface area contributed by atoms with E-state index in [9.17, 15) is 15.3 Å². The zero-order valence-electron chi connectivity index (χ0n) is 31.0. The Labute approximate surface area is 274 Å². The Balaban J connectivity index is 7.71. The minimum atomic E-state index is -1.24. The maximum Gasteiger partial charge on any atom is 0.313 e. The van der Waals surface area contributed by atoms with Crippen molar-refractivity contribution in [3.05, 3.63) is 0 Å². The quantitative estimate of drug-likeness (QED) is 0.0568. The Morgan fingerprint density at radius 3 is 1.27 bits per heavy atom. The van der Waals surface area contributed by atoms with Gasteiger partial charge in [0.2, 0.25) is 0 Å². The van der Waals surface area contributed by atoms with Crippen molar-refractivity contribution >= 4 is 5.97 Å². The second kappa shape index (κ2) is 23.6. The molecule has 0 aliphatic heterocycles. The Morgan fingerprint density at radius 2 is 0.909 bits per heavy atom. The van der Waals surface area contributed by atoms with Crippen molar-refractivity contribution in [3.8, 4) is 0 Å². The van der Waals surface area contributed by atoms with Gasteiger partial charge in [-0.3, -0.25) is 4.79 Å². The predicted octanol–water partition coefficient (Wildman–Crippen LogP) is 10.1. The summed E-state index contributed by atoms with van der Waals surface area (Å²) in [5.74, 6) is 0.790. The summed E-state index contributed by atoms with van der Waals surface area (Å²) in [5, 5.41) is 30.4. The molecule has 0 saturated heterocycles. The fourth-order valence-electron chi connectivity index (χ4n) is 8.65. The van der Waals surface area contributed by atoms with Crippen LogP contribution in [0.2, 0.25) is 0 Å². The molecule has 0 fully saturated rings. The lowest BCUT2D eigenvalue weighted by molar-refractivity contribution is -0.205. The lowest BCUT2D eigenvalue weighted by Gasteiger charge is -2.61. The number of aliphatic hydroxyl groups is 3. The van der Waals surface area contributed by atoms with Gasteiger partial charge in [0.25, 0.3) is 0 Å². The van der Waals surface area contributed by atoms with Crippen LogP contribution in [-0.4, -0.2) is 47.7 Å². The Kier molecular flexibility index (Phi) is 23.3. The fourth-order valence-corrected chi connectivity index (χ4v) is 8.65. The van der Waals surface area contributed by atoms with Crippen LogP contribution in [0.25, 0.3) is 0 Å². The predicted molar refractivity (Wildman–Crippen MR) is 188 cm³/mol. The molecule has 0 rings (SSSR count). The Morgan fingerprint density at radius 1 is 0.545 bits per heavy atom. The average molecular weight is 627 g/mol. The van der Waals surface area contributed by atoms with Crippen LogP contribution in [0.3, 0.4) is 0 Å². The van der Waals surface area contributed by atoms with Crippen molar-refractivity contribution in [1.29, 1.82) is 0 Å². The zero-order chi connectivity index (χ0) is 33.7. The monoisotopic (exact) mass is 627 g/mol. The SMILES string of the molecule is CCCCCCCC(C(C)CCCC)(C(C)CCCC)C(C(=O)OCC(CO)(CO)CO)(C(C)CCCC)C(C)CCCC. The molecule has 5 heteroatoms. The summed E-state index contributed by atoms with van der Waals surface area (Å²) >= 11 is 0. The first kappa shape index (κ1) is 43.4. The highest BCUT2D eigenvalue weighted by Gasteiger charge is 2.65. The van der Waals surface area contributed by atoms with E-state index >= 15 is 4.79 Å². The molecular formula is C39H78O5. The highest BCUT2D eigenvalue weighted by Crippen LogP contribution is 2.65. The van der Waals surface area contributed by atoms with E-state index in [2.05, 4.69) is 62.3 Å². The van der Waals surface area contributed by atoms with Gasteiger partial charge in [0.15, 0.2) is 0 Å². The molecule has 4 unspecified atom stereocenters. The van der Waals surface area contributed by atoms with Gasteiger partial charge in [-0.1, -0.05) is 159 Å². The molecule has 0 aliphatic carbocycles. The number of hydrogen-bond acceptors (Lipinski definition) is 5. The number of aliphatic hydroxyl groups excluding tert-OH is 3. The second-order valence-corrected chi connectivity index (χ2v) is 14.8. The second-order valence-electron chi connectivity index (χ2n) is 14.8. The molecule has 0 radical (unpaired) electrons. The summed E-state index contributed by atoms with van der Waals surface area (Å²) in [4.78, 5) is 15.3. The van der Waals surface area contributed by atoms with Gasteiger partial charge < -0.3 is 20.1 Å². The molecule has 0 aromatic rings. The fraction of sp³-hybridized carbons (Fsp3) is 0.974. The molecule has 44 heavy (non-hydrogen) atoms. The molecule has 0 aromatic heterocycles. The first-order valence-corrected chi connectivity index (χ1v) is 19.0. The number of esters is 1. The minimum absolute atomic E-state index is 0.123. The van der Waals surface area contributed by atoms with Gasteiger partial charge in [-0.2, -0.15) is 0 Å². The van der Waals surface area contributed by atoms with Crippen molar-refractivity contribution < 1.29 is 24.9 Å². The van der Waals surface area contributed by atoms with Gasteiger partial charge in [-0.25, -0.2) is 0 Å². The topological polar surface area (TPSA) is 87.0 Å². The molecule has 0 spiro atoms. The summed E-state index contributed by atoms with van der Waals surface area (Å²) in [6, 6.07) is 0. The van der Waals surface area contributed by atoms with Crippen LogP contribution in [-0.2, 0) is 9.53 Å². The van der Waals surface area contributed by atoms with Gasteiger partial charge in [0, 0.05) is 0 Å². The van der Waals surface area contributed by atoms with Crippen LogP contribution in [0.4, 0.5) is 0 Å². The van der Waals surface area contributed by atoms with Crippen LogP contribution < -0.4 is 0 Å². The third kappa shape index (κ3) is 11.3. The number of hydrogen-bond donors (Lipinski definition) is 3. The lowest BCUT2D eigenvalue weighted by atomic mass is 9.42. The highest BCUT2D eigenvalue weighted by atomic mass is 16.5. The first-order chi connectivity index (χ1) is 21.0. The zero-order valence-corrected chi connectivity index (χ0v) is 31.0. The van der Waals surface area contributed by atoms with E-state index in [-0.39, 0.29) is 29.8 Å². The number of unbranched alkanes of at least 4 members (excludes halogenated alkanes) is 8. The minimum Gasteiger partial charge on any atom is -0.464 e. The van der Waals surface area contributed by atoms with E-state index in [1.54, 1.807) is 0 Å². The summed E-state index contributed by atoms with van der Waals surface area (Å²) in [6.45, 7) is 19.4. The van der Waals surface area contributed by atoms with Crippen molar-refractivity contribution in [1.82, 2.24) is 0 Å². The van der Waals surface area contributed by atoms with Crippen molar-refractivity contribution in [3.63, 3.8) is 0 Å². The lowest BCUT2D eigenvalue weighted by Crippen LogP contribution is -2.62. The highest BCUT2D eigenvalue weighted by molar-refractivity contribution is 5.79. The number of carbonyl (C=O) groups excluding carboxylic acids is 1. The molecule has 0 amide bonds. The molecule has 5 nitrogen and oxygen atoms in total. The standard InChI is InChI=1S/C39H78O5/c1-10-15-20-21-22-27-38(32(6)23-16-11-2,33(7)24-17-12-3)39(34(8)25-18-13-4,35(9)26-19-14-5)36(43)44-31-37(28-40,29-41)30-42/h32-35,40-42H,10-31H2,1-9H3. The van der Waals surface area contributed by atoms with Gasteiger partial charge in [0.05, 0.1) is 30.7 Å². The Hall–Kier alpha value is -0.650. The van der Waals surface area contributed by atoms with Gasteiger partial charge >= 0.3 is 5.97 Å². The van der Waals surface area contributed by atoms with Gasteiger partial charge in [0.1, 0.15) is 6.61 Å². The maximum absolute atomic E-state index is 15.3. The summed E-state index contributed by atoms with van der Waals surface area (Å²) < 4.78 is 6.39. The van der Waals surface area contributed by atoms with Crippen molar-refractivity contribution in [2.24, 2.45) is 39.9 Å². The van der Waals surface area contributed by atoms with E-state index in [0.29, 0.717) is 11.8 Å². The number of ether oxygens (including phenoxy) is 1. The third-order valence-electron chi connectivity index (χ3n) is 11.6. The summed E-state index contributed by atoms with van der Waals surface area (Å²) in [6.07, 6.45) is 20.1. The van der Waals surface area contributed by atoms with E-state index in [1.807, 2.05) is 0 Å². The van der Waals surface area contributed by atoms with Crippen LogP contribution in [0.15, 0.2) is 0 Å². The molecule has 0 bridgehead atoms. The summed E-state index contributed by atoms with van der Waals surface area (Å²) in [5.41, 5.74) is -2.21. The average Bonchev–Trinajstić information content (AvgIpc) is 3.03. The largest absolute Gasteiger partial charge is 0.464 e. The molecule has 4 atom stereocenters. The molecule has 0 saturated carbocycles. The van der Waals surface area contributed by atoms with E-state index in [4.69, 9.17) is 4.74 Å². The van der Waals surface area contributed by atoms with E-state index < -0.39 is 30.7 Å². The van der Waals surface area contributed by atoms with E-state index in [1.165, 1.54) is 25.7 Å². The maximum atomic E-state index is 15.3. The molecule has 3 N–H and O–H groups in total. The molecule has 264 valence electrons. The van der Waals surface area contributed by atoms with Crippen LogP contribution in [0.1, 0.15) is 178 Å². The molecule has 0 heterocycles. The third-order valence-corrected chi connectivity index (χ3v) is 11.6. The number of carbonyl (C=O) groups is 1. The number of rotatable bonds is 29. The van der Waals surface area contributed by atoms with Gasteiger partial charge in [-0.15, -0.1) is 0 Å². The van der Waals surface area contributed by atoms with Gasteiger partial charge in [-0.05, 0) is 48.3 Å². The molecule has 0 aromatic carbocycles. The molecule has 0 aliphatic rings. The van der Waals surface area contributed by atoms with Crippen LogP contribution in [0, 0.1) is 39.9 Å². The van der Waals surface area contributed by atoms with Crippen LogP contribution >= 0.6 is 0 Å².